The molecule has 0 saturated heterocycles. The second-order valence-electron chi connectivity index (χ2n) is 4.48. The fourth-order valence-corrected chi connectivity index (χ4v) is 2.28. The average Bonchev–Trinajstić information content (AvgIpc) is 2.56. The zero-order valence-electron chi connectivity index (χ0n) is 10.1. The smallest absolute Gasteiger partial charge is 0.138 e. The molecular formula is C15H11NO3. The quantitative estimate of drug-likeness (QED) is 0.757. The molecule has 0 fully saturated rings. The molecule has 0 bridgehead atoms. The van der Waals surface area contributed by atoms with E-state index >= 15 is 0 Å². The van der Waals surface area contributed by atoms with Crippen molar-refractivity contribution < 1.29 is 14.9 Å². The maximum atomic E-state index is 9.85. The number of rotatable bonds is 0. The van der Waals surface area contributed by atoms with Crippen LogP contribution in [0.5, 0.6) is 23.0 Å². The second-order valence-corrected chi connectivity index (χ2v) is 4.48. The minimum atomic E-state index is -0.0339. The highest BCUT2D eigenvalue weighted by atomic mass is 16.5. The van der Waals surface area contributed by atoms with Crippen LogP contribution in [-0.4, -0.2) is 10.2 Å². The van der Waals surface area contributed by atoms with Gasteiger partial charge in [0.1, 0.15) is 23.0 Å². The van der Waals surface area contributed by atoms with E-state index in [-0.39, 0.29) is 11.5 Å². The van der Waals surface area contributed by atoms with E-state index in [2.05, 4.69) is 6.07 Å². The van der Waals surface area contributed by atoms with Crippen LogP contribution in [0.2, 0.25) is 0 Å². The molecule has 4 heteroatoms. The minimum Gasteiger partial charge on any atom is -0.508 e. The van der Waals surface area contributed by atoms with E-state index < -0.39 is 0 Å². The zero-order chi connectivity index (χ0) is 13.4. The van der Waals surface area contributed by atoms with Crippen molar-refractivity contribution >= 4 is 0 Å². The van der Waals surface area contributed by atoms with Crippen LogP contribution in [0.4, 0.5) is 0 Å². The van der Waals surface area contributed by atoms with Crippen LogP contribution in [0, 0.1) is 11.3 Å². The van der Waals surface area contributed by atoms with Gasteiger partial charge in [0.15, 0.2) is 0 Å². The van der Waals surface area contributed by atoms with Gasteiger partial charge in [0.25, 0.3) is 0 Å². The summed E-state index contributed by atoms with van der Waals surface area (Å²) in [5, 5.41) is 28.3. The number of ether oxygens (including phenoxy) is 1. The van der Waals surface area contributed by atoms with Gasteiger partial charge in [-0.25, -0.2) is 0 Å². The Labute approximate surface area is 110 Å². The summed E-state index contributed by atoms with van der Waals surface area (Å²) in [6.45, 7) is 0. The van der Waals surface area contributed by atoms with E-state index in [0.29, 0.717) is 35.5 Å². The van der Waals surface area contributed by atoms with Crippen molar-refractivity contribution in [3.8, 4) is 29.1 Å². The molecule has 2 aromatic rings. The standard InChI is InChI=1S/C15H11NO3/c16-8-9-1-4-14-10(5-9)2-3-12-13(18)6-11(17)7-15(12)19-14/h1,4-7,17-18H,2-3H2. The summed E-state index contributed by atoms with van der Waals surface area (Å²) < 4.78 is 5.73. The van der Waals surface area contributed by atoms with E-state index in [1.54, 1.807) is 18.2 Å². The van der Waals surface area contributed by atoms with Crippen molar-refractivity contribution in [2.24, 2.45) is 0 Å². The highest BCUT2D eigenvalue weighted by Crippen LogP contribution is 2.40. The first kappa shape index (κ1) is 11.4. The molecule has 1 aliphatic rings. The van der Waals surface area contributed by atoms with E-state index in [4.69, 9.17) is 10.00 Å². The molecule has 94 valence electrons. The SMILES string of the molecule is N#Cc1ccc2c(c1)CCc1c(O)cc(O)cc1O2. The van der Waals surface area contributed by atoms with Crippen LogP contribution in [0.25, 0.3) is 0 Å². The lowest BCUT2D eigenvalue weighted by Gasteiger charge is -2.10. The van der Waals surface area contributed by atoms with Crippen LogP contribution in [0.15, 0.2) is 30.3 Å². The molecule has 1 aliphatic heterocycles. The van der Waals surface area contributed by atoms with Crippen LogP contribution in [0.3, 0.4) is 0 Å². The Bertz CT molecular complexity index is 701. The number of phenols is 2. The molecule has 4 nitrogen and oxygen atoms in total. The second kappa shape index (κ2) is 4.21. The molecule has 2 aromatic carbocycles. The van der Waals surface area contributed by atoms with Gasteiger partial charge in [-0.1, -0.05) is 0 Å². The monoisotopic (exact) mass is 253 g/mol. The van der Waals surface area contributed by atoms with Crippen molar-refractivity contribution in [1.29, 1.82) is 5.26 Å². The fourth-order valence-electron chi connectivity index (χ4n) is 2.28. The third-order valence-corrected chi connectivity index (χ3v) is 3.22. The van der Waals surface area contributed by atoms with Gasteiger partial charge < -0.3 is 14.9 Å². The number of aryl methyl sites for hydroxylation is 1. The molecular weight excluding hydrogens is 242 g/mol. The molecule has 3 rings (SSSR count). The van der Waals surface area contributed by atoms with Gasteiger partial charge in [-0.2, -0.15) is 5.26 Å². The zero-order valence-corrected chi connectivity index (χ0v) is 10.1. The largest absolute Gasteiger partial charge is 0.508 e. The Morgan fingerprint density at radius 2 is 1.89 bits per heavy atom. The molecule has 19 heavy (non-hydrogen) atoms. The molecule has 0 aliphatic carbocycles. The summed E-state index contributed by atoms with van der Waals surface area (Å²) in [6, 6.07) is 10.1. The number of nitriles is 1. The Morgan fingerprint density at radius 3 is 2.68 bits per heavy atom. The Balaban J connectivity index is 2.10. The Kier molecular flexibility index (Phi) is 2.53. The van der Waals surface area contributed by atoms with Crippen LogP contribution < -0.4 is 4.74 Å². The van der Waals surface area contributed by atoms with Gasteiger partial charge in [-0.05, 0) is 36.6 Å². The van der Waals surface area contributed by atoms with Crippen molar-refractivity contribution in [3.05, 3.63) is 47.0 Å². The lowest BCUT2D eigenvalue weighted by Crippen LogP contribution is -1.90. The molecule has 0 aromatic heterocycles. The maximum absolute atomic E-state index is 9.85. The predicted molar refractivity (Wildman–Crippen MR) is 68.4 cm³/mol. The van der Waals surface area contributed by atoms with Crippen LogP contribution in [-0.2, 0) is 12.8 Å². The molecule has 0 saturated carbocycles. The summed E-state index contributed by atoms with van der Waals surface area (Å²) >= 11 is 0. The fraction of sp³-hybridized carbons (Fsp3) is 0.133. The third-order valence-electron chi connectivity index (χ3n) is 3.22. The van der Waals surface area contributed by atoms with Gasteiger partial charge >= 0.3 is 0 Å². The highest BCUT2D eigenvalue weighted by molar-refractivity contribution is 5.54. The summed E-state index contributed by atoms with van der Waals surface area (Å²) in [5.41, 5.74) is 2.18. The molecule has 0 spiro atoms. The Morgan fingerprint density at radius 1 is 1.05 bits per heavy atom. The number of hydrogen-bond donors (Lipinski definition) is 2. The number of fused-ring (bicyclic) bond motifs is 2. The topological polar surface area (TPSA) is 73.5 Å². The summed E-state index contributed by atoms with van der Waals surface area (Å²) in [5.74, 6) is 1.11. The third kappa shape index (κ3) is 1.95. The predicted octanol–water partition coefficient (Wildman–Crippen LogP) is 2.86. The lowest BCUT2D eigenvalue weighted by atomic mass is 10.0. The summed E-state index contributed by atoms with van der Waals surface area (Å²) in [7, 11) is 0. The Hall–Kier alpha value is -2.67. The first-order valence-corrected chi connectivity index (χ1v) is 5.93. The normalized spacial score (nSPS) is 12.6. The van der Waals surface area contributed by atoms with E-state index in [0.717, 1.165) is 5.56 Å². The number of nitrogens with zero attached hydrogens (tertiary/aromatic N) is 1. The van der Waals surface area contributed by atoms with Crippen molar-refractivity contribution in [3.63, 3.8) is 0 Å². The van der Waals surface area contributed by atoms with Crippen LogP contribution >= 0.6 is 0 Å². The minimum absolute atomic E-state index is 0.0308. The van der Waals surface area contributed by atoms with Gasteiger partial charge in [0.05, 0.1) is 11.6 Å². The highest BCUT2D eigenvalue weighted by Gasteiger charge is 2.18. The van der Waals surface area contributed by atoms with Crippen molar-refractivity contribution in [1.82, 2.24) is 0 Å². The van der Waals surface area contributed by atoms with Gasteiger partial charge in [-0.15, -0.1) is 0 Å². The molecule has 2 N–H and O–H groups in total. The first-order chi connectivity index (χ1) is 9.17. The van der Waals surface area contributed by atoms with Crippen molar-refractivity contribution in [2.75, 3.05) is 0 Å². The van der Waals surface area contributed by atoms with Gasteiger partial charge in [0, 0.05) is 17.7 Å². The number of aromatic hydroxyl groups is 2. The molecule has 0 radical (unpaired) electrons. The number of phenolic OH excluding ortho intramolecular Hbond substituents is 2. The van der Waals surface area contributed by atoms with Crippen LogP contribution in [0.1, 0.15) is 16.7 Å². The summed E-state index contributed by atoms with van der Waals surface area (Å²) in [6.07, 6.45) is 1.28. The van der Waals surface area contributed by atoms with Gasteiger partial charge in [0.2, 0.25) is 0 Å². The van der Waals surface area contributed by atoms with Crippen molar-refractivity contribution in [2.45, 2.75) is 12.8 Å². The van der Waals surface area contributed by atoms with E-state index in [1.165, 1.54) is 12.1 Å². The molecule has 0 amide bonds. The molecule has 0 unspecified atom stereocenters. The van der Waals surface area contributed by atoms with Gasteiger partial charge in [-0.3, -0.25) is 0 Å². The van der Waals surface area contributed by atoms with E-state index in [9.17, 15) is 10.2 Å². The summed E-state index contributed by atoms with van der Waals surface area (Å²) in [4.78, 5) is 0. The average molecular weight is 253 g/mol. The number of hydrogen-bond acceptors (Lipinski definition) is 4. The lowest BCUT2D eigenvalue weighted by molar-refractivity contribution is 0.427. The number of benzene rings is 2. The molecule has 0 atom stereocenters. The molecule has 1 heterocycles. The van der Waals surface area contributed by atoms with E-state index in [1.807, 2.05) is 0 Å². The maximum Gasteiger partial charge on any atom is 0.138 e. The first-order valence-electron chi connectivity index (χ1n) is 5.93.